The monoisotopic (exact) mass is 362 g/mol. The summed E-state index contributed by atoms with van der Waals surface area (Å²) in [5.41, 5.74) is 0.517. The Morgan fingerprint density at radius 2 is 1.65 bits per heavy atom. The number of carbonyl (C=O) groups is 1. The van der Waals surface area contributed by atoms with Gasteiger partial charge < -0.3 is 4.74 Å². The highest BCUT2D eigenvalue weighted by atomic mass is 16.5. The predicted molar refractivity (Wildman–Crippen MR) is 108 cm³/mol. The molecule has 3 saturated carbocycles. The van der Waals surface area contributed by atoms with Crippen LogP contribution in [-0.4, -0.2) is 12.1 Å². The van der Waals surface area contributed by atoms with Gasteiger partial charge in [-0.05, 0) is 66.6 Å². The van der Waals surface area contributed by atoms with Crippen LogP contribution in [0, 0.1) is 38.4 Å². The molecule has 5 atom stereocenters. The van der Waals surface area contributed by atoms with E-state index in [0.717, 1.165) is 25.2 Å². The second-order valence-corrected chi connectivity index (χ2v) is 12.5. The van der Waals surface area contributed by atoms with Gasteiger partial charge in [-0.2, -0.15) is 0 Å². The molecule has 2 heteroatoms. The van der Waals surface area contributed by atoms with Crippen molar-refractivity contribution in [2.45, 2.75) is 107 Å². The van der Waals surface area contributed by atoms with Gasteiger partial charge in [0.25, 0.3) is 0 Å². The smallest absolute Gasteiger partial charge is 0.312 e. The zero-order chi connectivity index (χ0) is 20.0. The standard InChI is InChI=1S/C24H42O2/c1-11-20(5,6)22(9,15-19(2,3)4)18(25)26-17-14-16-12-13-23(10)21(7,8)24(16,17)23/h16-17H,11-15H2,1-10H3. The first kappa shape index (κ1) is 20.2. The Kier molecular flexibility index (Phi) is 4.11. The lowest BCUT2D eigenvalue weighted by molar-refractivity contribution is -0.191. The average Bonchev–Trinajstić information content (AvgIpc) is 2.74. The van der Waals surface area contributed by atoms with Crippen molar-refractivity contribution in [1.82, 2.24) is 0 Å². The van der Waals surface area contributed by atoms with Gasteiger partial charge in [0.1, 0.15) is 6.10 Å². The van der Waals surface area contributed by atoms with Crippen molar-refractivity contribution >= 4 is 5.97 Å². The fourth-order valence-corrected chi connectivity index (χ4v) is 7.48. The van der Waals surface area contributed by atoms with Crippen LogP contribution in [0.1, 0.15) is 101 Å². The molecule has 3 aliphatic rings. The molecule has 0 aromatic rings. The highest BCUT2D eigenvalue weighted by Crippen LogP contribution is 2.93. The summed E-state index contributed by atoms with van der Waals surface area (Å²) in [5, 5.41) is 0. The Morgan fingerprint density at radius 3 is 2.08 bits per heavy atom. The van der Waals surface area contributed by atoms with Crippen LogP contribution in [0.3, 0.4) is 0 Å². The molecule has 0 radical (unpaired) electrons. The molecule has 0 aliphatic heterocycles. The second-order valence-electron chi connectivity index (χ2n) is 12.5. The summed E-state index contributed by atoms with van der Waals surface area (Å²) in [6, 6.07) is 0. The lowest BCUT2D eigenvalue weighted by Gasteiger charge is -2.50. The van der Waals surface area contributed by atoms with E-state index in [1.807, 2.05) is 0 Å². The van der Waals surface area contributed by atoms with E-state index in [9.17, 15) is 4.79 Å². The molecule has 2 nitrogen and oxygen atoms in total. The summed E-state index contributed by atoms with van der Waals surface area (Å²) in [6.07, 6.45) is 5.70. The van der Waals surface area contributed by atoms with Gasteiger partial charge in [-0.1, -0.05) is 62.3 Å². The van der Waals surface area contributed by atoms with E-state index in [4.69, 9.17) is 4.74 Å². The lowest BCUT2D eigenvalue weighted by Crippen LogP contribution is -2.53. The number of rotatable bonds is 5. The van der Waals surface area contributed by atoms with Gasteiger partial charge in [0, 0.05) is 5.41 Å². The first-order valence-electron chi connectivity index (χ1n) is 10.8. The van der Waals surface area contributed by atoms with Crippen molar-refractivity contribution in [3.8, 4) is 0 Å². The number of ether oxygens (including phenoxy) is 1. The zero-order valence-electron chi connectivity index (χ0n) is 19.0. The van der Waals surface area contributed by atoms with E-state index < -0.39 is 5.41 Å². The Labute approximate surface area is 161 Å². The lowest BCUT2D eigenvalue weighted by atomic mass is 9.59. The first-order chi connectivity index (χ1) is 11.6. The Bertz CT molecular complexity index is 610. The summed E-state index contributed by atoms with van der Waals surface area (Å²) in [4.78, 5) is 13.6. The van der Waals surface area contributed by atoms with Crippen LogP contribution >= 0.6 is 0 Å². The van der Waals surface area contributed by atoms with Crippen molar-refractivity contribution in [3.05, 3.63) is 0 Å². The summed E-state index contributed by atoms with van der Waals surface area (Å²) in [7, 11) is 0. The van der Waals surface area contributed by atoms with Crippen molar-refractivity contribution < 1.29 is 9.53 Å². The molecule has 0 aromatic heterocycles. The molecule has 5 unspecified atom stereocenters. The number of esters is 1. The maximum absolute atomic E-state index is 13.6. The minimum atomic E-state index is -0.449. The first-order valence-corrected chi connectivity index (χ1v) is 10.8. The van der Waals surface area contributed by atoms with Gasteiger partial charge in [-0.15, -0.1) is 0 Å². The van der Waals surface area contributed by atoms with Crippen LogP contribution in [0.25, 0.3) is 0 Å². The zero-order valence-corrected chi connectivity index (χ0v) is 19.0. The van der Waals surface area contributed by atoms with Gasteiger partial charge in [0.2, 0.25) is 0 Å². The highest BCUT2D eigenvalue weighted by Gasteiger charge is 2.91. The SMILES string of the molecule is CCC(C)(C)C(C)(CC(C)(C)C)C(=O)OC1CC2CCC3(C)C(C)(C)C213. The molecule has 0 aromatic carbocycles. The van der Waals surface area contributed by atoms with E-state index in [2.05, 4.69) is 69.2 Å². The third-order valence-electron chi connectivity index (χ3n) is 9.87. The van der Waals surface area contributed by atoms with Crippen LogP contribution in [0.15, 0.2) is 0 Å². The number of hydrogen-bond acceptors (Lipinski definition) is 2. The fraction of sp³-hybridized carbons (Fsp3) is 0.958. The Balaban J connectivity index is 1.84. The maximum atomic E-state index is 13.6. The summed E-state index contributed by atoms with van der Waals surface area (Å²) < 4.78 is 6.41. The van der Waals surface area contributed by atoms with E-state index in [-0.39, 0.29) is 28.3 Å². The summed E-state index contributed by atoms with van der Waals surface area (Å²) in [6.45, 7) is 22.8. The van der Waals surface area contributed by atoms with Gasteiger partial charge in [-0.25, -0.2) is 0 Å². The van der Waals surface area contributed by atoms with E-state index in [1.165, 1.54) is 12.8 Å². The number of hydrogen-bond donors (Lipinski definition) is 0. The Hall–Kier alpha value is -0.530. The Morgan fingerprint density at radius 1 is 1.08 bits per heavy atom. The third kappa shape index (κ3) is 2.14. The van der Waals surface area contributed by atoms with Crippen molar-refractivity contribution in [2.75, 3.05) is 0 Å². The van der Waals surface area contributed by atoms with Crippen LogP contribution < -0.4 is 0 Å². The van der Waals surface area contributed by atoms with Crippen LogP contribution in [0.5, 0.6) is 0 Å². The van der Waals surface area contributed by atoms with Crippen molar-refractivity contribution in [1.29, 1.82) is 0 Å². The molecule has 1 spiro atoms. The van der Waals surface area contributed by atoms with Crippen LogP contribution in [-0.2, 0) is 9.53 Å². The van der Waals surface area contributed by atoms with Gasteiger partial charge in [0.05, 0.1) is 5.41 Å². The largest absolute Gasteiger partial charge is 0.461 e. The predicted octanol–water partition coefficient (Wildman–Crippen LogP) is 6.62. The van der Waals surface area contributed by atoms with Crippen molar-refractivity contribution in [3.63, 3.8) is 0 Å². The molecule has 0 N–H and O–H groups in total. The van der Waals surface area contributed by atoms with E-state index >= 15 is 0 Å². The van der Waals surface area contributed by atoms with Crippen LogP contribution in [0.2, 0.25) is 0 Å². The normalized spacial score (nSPS) is 40.1. The highest BCUT2D eigenvalue weighted by molar-refractivity contribution is 5.78. The molecule has 3 aliphatic carbocycles. The molecular formula is C24H42O2. The minimum absolute atomic E-state index is 0.0500. The van der Waals surface area contributed by atoms with Crippen molar-refractivity contribution in [2.24, 2.45) is 38.4 Å². The molecule has 3 fully saturated rings. The molecule has 0 amide bonds. The van der Waals surface area contributed by atoms with Gasteiger partial charge in [-0.3, -0.25) is 4.79 Å². The van der Waals surface area contributed by atoms with Gasteiger partial charge >= 0.3 is 5.97 Å². The quantitative estimate of drug-likeness (QED) is 0.513. The van der Waals surface area contributed by atoms with Gasteiger partial charge in [0.15, 0.2) is 0 Å². The van der Waals surface area contributed by atoms with E-state index in [1.54, 1.807) is 0 Å². The molecule has 3 rings (SSSR count). The number of carbonyl (C=O) groups excluding carboxylic acids is 1. The third-order valence-corrected chi connectivity index (χ3v) is 9.87. The molecule has 150 valence electrons. The summed E-state index contributed by atoms with van der Waals surface area (Å²) >= 11 is 0. The molecule has 0 bridgehead atoms. The minimum Gasteiger partial charge on any atom is -0.461 e. The molecule has 0 heterocycles. The second kappa shape index (κ2) is 5.29. The van der Waals surface area contributed by atoms with E-state index in [0.29, 0.717) is 10.8 Å². The summed E-state index contributed by atoms with van der Waals surface area (Å²) in [5.74, 6) is 0.822. The maximum Gasteiger partial charge on any atom is 0.312 e. The topological polar surface area (TPSA) is 26.3 Å². The molecule has 0 saturated heterocycles. The van der Waals surface area contributed by atoms with Crippen LogP contribution in [0.4, 0.5) is 0 Å². The average molecular weight is 363 g/mol. The fourth-order valence-electron chi connectivity index (χ4n) is 7.48. The molecular weight excluding hydrogens is 320 g/mol. The molecule has 26 heavy (non-hydrogen) atoms.